The number of alkyl halides is 3. The molecule has 3 amide bonds. The van der Waals surface area contributed by atoms with E-state index in [9.17, 15) is 32.3 Å². The molecule has 0 saturated heterocycles. The van der Waals surface area contributed by atoms with Crippen molar-refractivity contribution >= 4 is 35.1 Å². The first-order valence-corrected chi connectivity index (χ1v) is 13.5. The Hall–Kier alpha value is -3.60. The van der Waals surface area contributed by atoms with Gasteiger partial charge in [0, 0.05) is 5.02 Å². The van der Waals surface area contributed by atoms with Crippen LogP contribution in [0.25, 0.3) is 0 Å². The van der Waals surface area contributed by atoms with Crippen molar-refractivity contribution in [2.75, 3.05) is 7.11 Å². The zero-order valence-electron chi connectivity index (χ0n) is 23.1. The molecular weight excluding hydrogens is 563 g/mol. The maximum absolute atomic E-state index is 13.3. The Morgan fingerprint density at radius 3 is 1.88 bits per heavy atom. The number of hydrogen-bond acceptors (Lipinski definition) is 5. The molecule has 8 nitrogen and oxygen atoms in total. The smallest absolute Gasteiger partial charge is 0.452 e. The highest BCUT2D eigenvalue weighted by atomic mass is 35.5. The maximum Gasteiger partial charge on any atom is 0.452 e. The van der Waals surface area contributed by atoms with Crippen LogP contribution in [0.3, 0.4) is 0 Å². The molecule has 1 aliphatic rings. The molecule has 1 unspecified atom stereocenters. The molecule has 41 heavy (non-hydrogen) atoms. The zero-order chi connectivity index (χ0) is 30.5. The van der Waals surface area contributed by atoms with Crippen LogP contribution >= 0.6 is 11.6 Å². The van der Waals surface area contributed by atoms with Gasteiger partial charge in [0.15, 0.2) is 0 Å². The molecule has 0 spiro atoms. The number of halogens is 4. The number of amides is 3. The molecule has 1 saturated carbocycles. The second kappa shape index (κ2) is 13.4. The second-order valence-electron chi connectivity index (χ2n) is 10.4. The third kappa shape index (κ3) is 8.45. The fraction of sp³-hybridized carbons (Fsp3) is 0.448. The summed E-state index contributed by atoms with van der Waals surface area (Å²) in [5.74, 6) is -5.07. The fourth-order valence-corrected chi connectivity index (χ4v) is 4.54. The Kier molecular flexibility index (Phi) is 10.4. The van der Waals surface area contributed by atoms with Crippen molar-refractivity contribution in [2.45, 2.75) is 63.8 Å². The maximum atomic E-state index is 13.3. The van der Waals surface area contributed by atoms with Gasteiger partial charge in [-0.3, -0.25) is 19.2 Å². The molecule has 4 atom stereocenters. The van der Waals surface area contributed by atoms with Crippen molar-refractivity contribution in [1.29, 1.82) is 0 Å². The van der Waals surface area contributed by atoms with Gasteiger partial charge in [-0.2, -0.15) is 13.2 Å². The number of Topliss-reactive ketones (excluding diaryl/α,β-unsaturated/α-hetero) is 1. The lowest BCUT2D eigenvalue weighted by molar-refractivity contribution is -0.175. The lowest BCUT2D eigenvalue weighted by Crippen LogP contribution is -2.54. The molecule has 0 radical (unpaired) electrons. The number of benzene rings is 2. The van der Waals surface area contributed by atoms with Gasteiger partial charge in [-0.1, -0.05) is 49.7 Å². The zero-order valence-corrected chi connectivity index (χ0v) is 23.8. The minimum atomic E-state index is -5.16. The van der Waals surface area contributed by atoms with Gasteiger partial charge in [-0.05, 0) is 67.0 Å². The molecule has 0 aromatic heterocycles. The molecule has 3 rings (SSSR count). The average molecular weight is 596 g/mol. The first-order valence-electron chi connectivity index (χ1n) is 13.1. The fourth-order valence-electron chi connectivity index (χ4n) is 4.42. The number of carbonyl (C=O) groups excluding carboxylic acids is 4. The van der Waals surface area contributed by atoms with E-state index in [0.29, 0.717) is 10.8 Å². The number of methoxy groups -OCH3 is 1. The predicted molar refractivity (Wildman–Crippen MR) is 146 cm³/mol. The van der Waals surface area contributed by atoms with Crippen LogP contribution in [0.4, 0.5) is 13.2 Å². The minimum Gasteiger partial charge on any atom is -0.497 e. The molecular formula is C29H33ClF3N3O5. The van der Waals surface area contributed by atoms with E-state index in [1.165, 1.54) is 52.1 Å². The van der Waals surface area contributed by atoms with Gasteiger partial charge in [0.05, 0.1) is 19.1 Å². The van der Waals surface area contributed by atoms with Crippen molar-refractivity contribution < 1.29 is 37.1 Å². The summed E-state index contributed by atoms with van der Waals surface area (Å²) in [6, 6.07) is 8.41. The monoisotopic (exact) mass is 595 g/mol. The van der Waals surface area contributed by atoms with Crippen LogP contribution in [-0.2, 0) is 19.2 Å². The van der Waals surface area contributed by atoms with Gasteiger partial charge in [0.1, 0.15) is 17.8 Å². The SMILES string of the molecule is COc1ccc([C@H](NC(=O)[C@H](C)NC(=O)C(c2ccc(Cl)cc2)C2CC2)C(=O)N[C@H](C(=O)C(F)(F)F)C(C)C)cc1. The van der Waals surface area contributed by atoms with Crippen LogP contribution in [0.15, 0.2) is 48.5 Å². The van der Waals surface area contributed by atoms with E-state index in [1.807, 2.05) is 0 Å². The van der Waals surface area contributed by atoms with Crippen molar-refractivity contribution in [2.24, 2.45) is 11.8 Å². The summed E-state index contributed by atoms with van der Waals surface area (Å²) < 4.78 is 44.7. The second-order valence-corrected chi connectivity index (χ2v) is 10.8. The Bertz CT molecular complexity index is 1250. The summed E-state index contributed by atoms with van der Waals surface area (Å²) in [5.41, 5.74) is 0.987. The van der Waals surface area contributed by atoms with Crippen molar-refractivity contribution in [1.82, 2.24) is 16.0 Å². The standard InChI is InChI=1S/C29H33ClF3N3O5/c1-15(2)23(25(37)29(31,32)33)35-28(40)24(19-9-13-21(41-4)14-10-19)36-26(38)16(3)34-27(39)22(17-5-6-17)18-7-11-20(30)12-8-18/h7-17,22-24H,5-6H2,1-4H3,(H,34,39)(H,35,40)(H,36,38)/t16-,22?,23-,24-/m0/s1. The van der Waals surface area contributed by atoms with Crippen LogP contribution in [-0.4, -0.2) is 48.9 Å². The third-order valence-corrected chi connectivity index (χ3v) is 7.13. The van der Waals surface area contributed by atoms with E-state index in [0.717, 1.165) is 18.4 Å². The summed E-state index contributed by atoms with van der Waals surface area (Å²) >= 11 is 5.98. The van der Waals surface area contributed by atoms with Crippen molar-refractivity contribution in [3.63, 3.8) is 0 Å². The largest absolute Gasteiger partial charge is 0.497 e. The van der Waals surface area contributed by atoms with Gasteiger partial charge in [-0.25, -0.2) is 0 Å². The molecule has 1 aliphatic carbocycles. The van der Waals surface area contributed by atoms with Gasteiger partial charge >= 0.3 is 6.18 Å². The number of ketones is 1. The van der Waals surface area contributed by atoms with Crippen molar-refractivity contribution in [3.8, 4) is 5.75 Å². The number of carbonyl (C=O) groups is 4. The van der Waals surface area contributed by atoms with E-state index >= 15 is 0 Å². The molecule has 222 valence electrons. The Morgan fingerprint density at radius 2 is 1.39 bits per heavy atom. The molecule has 2 aromatic rings. The van der Waals surface area contributed by atoms with Crippen LogP contribution in [0, 0.1) is 11.8 Å². The highest BCUT2D eigenvalue weighted by Crippen LogP contribution is 2.43. The van der Waals surface area contributed by atoms with Crippen molar-refractivity contribution in [3.05, 3.63) is 64.7 Å². The molecule has 12 heteroatoms. The number of hydrogen-bond donors (Lipinski definition) is 3. The molecule has 1 fully saturated rings. The van der Waals surface area contributed by atoms with Gasteiger partial charge in [0.2, 0.25) is 17.7 Å². The lowest BCUT2D eigenvalue weighted by atomic mass is 9.93. The number of rotatable bonds is 12. The molecule has 2 aromatic carbocycles. The normalized spacial score (nSPS) is 16.2. The topological polar surface area (TPSA) is 114 Å². The summed E-state index contributed by atoms with van der Waals surface area (Å²) in [7, 11) is 1.43. The summed E-state index contributed by atoms with van der Waals surface area (Å²) in [6.07, 6.45) is -3.45. The van der Waals surface area contributed by atoms with Crippen LogP contribution < -0.4 is 20.7 Å². The first-order chi connectivity index (χ1) is 19.2. The number of nitrogens with one attached hydrogen (secondary N) is 3. The van der Waals surface area contributed by atoms with E-state index < -0.39 is 53.7 Å². The Labute approximate surface area is 241 Å². The molecule has 3 N–H and O–H groups in total. The van der Waals surface area contributed by atoms with E-state index in [-0.39, 0.29) is 17.4 Å². The minimum absolute atomic E-state index is 0.114. The summed E-state index contributed by atoms with van der Waals surface area (Å²) in [5, 5.41) is 7.87. The van der Waals surface area contributed by atoms with Gasteiger partial charge in [0.25, 0.3) is 5.78 Å². The quantitative estimate of drug-likeness (QED) is 0.335. The van der Waals surface area contributed by atoms with Gasteiger partial charge in [-0.15, -0.1) is 0 Å². The Morgan fingerprint density at radius 1 is 0.829 bits per heavy atom. The number of ether oxygens (including phenoxy) is 1. The highest BCUT2D eigenvalue weighted by molar-refractivity contribution is 6.30. The van der Waals surface area contributed by atoms with Crippen LogP contribution in [0.2, 0.25) is 5.02 Å². The van der Waals surface area contributed by atoms with Gasteiger partial charge < -0.3 is 20.7 Å². The lowest BCUT2D eigenvalue weighted by Gasteiger charge is -2.27. The van der Waals surface area contributed by atoms with Crippen LogP contribution in [0.5, 0.6) is 5.75 Å². The Balaban J connectivity index is 1.80. The first kappa shape index (κ1) is 31.9. The van der Waals surface area contributed by atoms with E-state index in [2.05, 4.69) is 16.0 Å². The third-order valence-electron chi connectivity index (χ3n) is 6.88. The summed E-state index contributed by atoms with van der Waals surface area (Å²) in [6.45, 7) is 4.17. The molecule has 0 aliphatic heterocycles. The molecule has 0 bridgehead atoms. The van der Waals surface area contributed by atoms with E-state index in [1.54, 1.807) is 24.3 Å². The van der Waals surface area contributed by atoms with E-state index in [4.69, 9.17) is 16.3 Å². The van der Waals surface area contributed by atoms with Crippen LogP contribution in [0.1, 0.15) is 56.7 Å². The predicted octanol–water partition coefficient (Wildman–Crippen LogP) is 4.48. The average Bonchev–Trinajstić information content (AvgIpc) is 3.75. The summed E-state index contributed by atoms with van der Waals surface area (Å²) in [4.78, 5) is 51.7. The highest BCUT2D eigenvalue weighted by Gasteiger charge is 2.45. The molecule has 0 heterocycles.